The van der Waals surface area contributed by atoms with Crippen LogP contribution in [-0.4, -0.2) is 30.6 Å². The number of halogens is 1. The number of carbonyl (C=O) groups is 1. The third-order valence-corrected chi connectivity index (χ3v) is 3.52. The molecular formula is C16H17FN2O4. The molecule has 1 aromatic carbocycles. The highest BCUT2D eigenvalue weighted by molar-refractivity contribution is 5.91. The lowest BCUT2D eigenvalue weighted by Gasteiger charge is -2.07. The van der Waals surface area contributed by atoms with Gasteiger partial charge in [-0.05, 0) is 18.6 Å². The maximum atomic E-state index is 13.0. The third-order valence-electron chi connectivity index (χ3n) is 3.52. The second kappa shape index (κ2) is 7.23. The Balaban J connectivity index is 1.49. The lowest BCUT2D eigenvalue weighted by atomic mass is 10.1. The average molecular weight is 320 g/mol. The van der Waals surface area contributed by atoms with Crippen molar-refractivity contribution in [2.75, 3.05) is 19.8 Å². The molecule has 3 rings (SSSR count). The van der Waals surface area contributed by atoms with Crippen LogP contribution >= 0.6 is 0 Å². The van der Waals surface area contributed by atoms with Crippen LogP contribution < -0.4 is 10.1 Å². The van der Waals surface area contributed by atoms with E-state index in [0.717, 1.165) is 13.0 Å². The van der Waals surface area contributed by atoms with Crippen LogP contribution in [0.15, 0.2) is 34.9 Å². The maximum Gasteiger partial charge on any atom is 0.273 e. The molecule has 1 saturated heterocycles. The molecule has 1 amide bonds. The molecule has 122 valence electrons. The van der Waals surface area contributed by atoms with Crippen molar-refractivity contribution in [3.8, 4) is 5.75 Å². The van der Waals surface area contributed by atoms with Crippen LogP contribution in [0.3, 0.4) is 0 Å². The molecule has 1 aliphatic rings. The van der Waals surface area contributed by atoms with Crippen molar-refractivity contribution < 1.29 is 23.1 Å². The van der Waals surface area contributed by atoms with E-state index in [1.807, 2.05) is 0 Å². The largest absolute Gasteiger partial charge is 0.484 e. The van der Waals surface area contributed by atoms with Crippen molar-refractivity contribution in [2.45, 2.75) is 13.0 Å². The molecule has 0 spiro atoms. The highest BCUT2D eigenvalue weighted by Gasteiger charge is 2.18. The van der Waals surface area contributed by atoms with Crippen LogP contribution in [0.2, 0.25) is 0 Å². The van der Waals surface area contributed by atoms with Crippen LogP contribution in [0.25, 0.3) is 0 Å². The summed E-state index contributed by atoms with van der Waals surface area (Å²) in [4.78, 5) is 16.0. The molecule has 0 bridgehead atoms. The number of nitrogens with one attached hydrogen (secondary N) is 1. The van der Waals surface area contributed by atoms with Crippen molar-refractivity contribution in [2.24, 2.45) is 5.92 Å². The SMILES string of the molecule is O=C(NC[C@H]1CCOC1)c1coc(COc2cccc(F)c2)n1. The highest BCUT2D eigenvalue weighted by Crippen LogP contribution is 2.14. The predicted octanol–water partition coefficient (Wildman–Crippen LogP) is 2.16. The molecule has 1 aliphatic heterocycles. The number of hydrogen-bond donors (Lipinski definition) is 1. The molecule has 7 heteroatoms. The fourth-order valence-electron chi connectivity index (χ4n) is 2.26. The lowest BCUT2D eigenvalue weighted by Crippen LogP contribution is -2.29. The Morgan fingerprint density at radius 3 is 3.17 bits per heavy atom. The normalized spacial score (nSPS) is 17.2. The molecule has 23 heavy (non-hydrogen) atoms. The fourth-order valence-corrected chi connectivity index (χ4v) is 2.26. The van der Waals surface area contributed by atoms with Crippen LogP contribution in [0.5, 0.6) is 5.75 Å². The number of hydrogen-bond acceptors (Lipinski definition) is 5. The molecule has 2 heterocycles. The maximum absolute atomic E-state index is 13.0. The molecule has 1 fully saturated rings. The summed E-state index contributed by atoms with van der Waals surface area (Å²) in [6, 6.07) is 5.77. The number of aromatic nitrogens is 1. The first-order valence-electron chi connectivity index (χ1n) is 7.39. The smallest absolute Gasteiger partial charge is 0.273 e. The van der Waals surface area contributed by atoms with Gasteiger partial charge in [0.25, 0.3) is 5.91 Å². The van der Waals surface area contributed by atoms with Crippen molar-refractivity contribution in [1.29, 1.82) is 0 Å². The van der Waals surface area contributed by atoms with Crippen molar-refractivity contribution in [3.05, 3.63) is 47.9 Å². The topological polar surface area (TPSA) is 73.6 Å². The van der Waals surface area contributed by atoms with Crippen LogP contribution in [-0.2, 0) is 11.3 Å². The van der Waals surface area contributed by atoms with E-state index in [1.165, 1.54) is 18.4 Å². The summed E-state index contributed by atoms with van der Waals surface area (Å²) in [6.45, 7) is 1.99. The van der Waals surface area contributed by atoms with Crippen molar-refractivity contribution in [3.63, 3.8) is 0 Å². The lowest BCUT2D eigenvalue weighted by molar-refractivity contribution is 0.0940. The Labute approximate surface area is 132 Å². The summed E-state index contributed by atoms with van der Waals surface area (Å²) < 4.78 is 28.8. The quantitative estimate of drug-likeness (QED) is 0.883. The second-order valence-corrected chi connectivity index (χ2v) is 5.31. The van der Waals surface area contributed by atoms with Crippen LogP contribution in [0.4, 0.5) is 4.39 Å². The predicted molar refractivity (Wildman–Crippen MR) is 78.5 cm³/mol. The van der Waals surface area contributed by atoms with Crippen molar-refractivity contribution >= 4 is 5.91 Å². The molecule has 0 aliphatic carbocycles. The Morgan fingerprint density at radius 1 is 1.48 bits per heavy atom. The van der Waals surface area contributed by atoms with Gasteiger partial charge in [-0.2, -0.15) is 0 Å². The summed E-state index contributed by atoms with van der Waals surface area (Å²) in [5.74, 6) is 0.296. The van der Waals surface area contributed by atoms with Gasteiger partial charge in [-0.1, -0.05) is 6.07 Å². The number of oxazole rings is 1. The number of carbonyl (C=O) groups excluding carboxylic acids is 1. The fraction of sp³-hybridized carbons (Fsp3) is 0.375. The van der Waals surface area contributed by atoms with E-state index in [0.29, 0.717) is 24.8 Å². The monoisotopic (exact) mass is 320 g/mol. The van der Waals surface area contributed by atoms with Gasteiger partial charge in [0.05, 0.1) is 6.61 Å². The van der Waals surface area contributed by atoms with Gasteiger partial charge in [0, 0.05) is 25.1 Å². The molecule has 2 aromatic rings. The summed E-state index contributed by atoms with van der Waals surface area (Å²) in [5.41, 5.74) is 0.196. The van der Waals surface area contributed by atoms with Gasteiger partial charge in [-0.3, -0.25) is 4.79 Å². The Kier molecular flexibility index (Phi) is 4.87. The minimum absolute atomic E-state index is 0.0210. The average Bonchev–Trinajstić information content (AvgIpc) is 3.22. The standard InChI is InChI=1S/C16H17FN2O4/c17-12-2-1-3-13(6-12)22-10-15-19-14(9-23-15)16(20)18-7-11-4-5-21-8-11/h1-3,6,9,11H,4-5,7-8,10H2,(H,18,20)/t11-/m1/s1. The van der Waals surface area contributed by atoms with Crippen LogP contribution in [0.1, 0.15) is 22.8 Å². The third kappa shape index (κ3) is 4.29. The van der Waals surface area contributed by atoms with E-state index in [9.17, 15) is 9.18 Å². The number of amides is 1. The first-order chi connectivity index (χ1) is 11.2. The Hall–Kier alpha value is -2.41. The molecule has 1 aromatic heterocycles. The zero-order valence-corrected chi connectivity index (χ0v) is 12.5. The zero-order valence-electron chi connectivity index (χ0n) is 12.5. The molecule has 1 N–H and O–H groups in total. The van der Waals surface area contributed by atoms with E-state index < -0.39 is 0 Å². The van der Waals surface area contributed by atoms with E-state index in [4.69, 9.17) is 13.9 Å². The molecular weight excluding hydrogens is 303 g/mol. The van der Waals surface area contributed by atoms with Gasteiger partial charge < -0.3 is 19.2 Å². The summed E-state index contributed by atoms with van der Waals surface area (Å²) in [5, 5.41) is 2.80. The van der Waals surface area contributed by atoms with Crippen LogP contribution in [0, 0.1) is 11.7 Å². The minimum atomic E-state index is -0.383. The van der Waals surface area contributed by atoms with Gasteiger partial charge in [0.1, 0.15) is 17.8 Å². The van der Waals surface area contributed by atoms with Gasteiger partial charge in [0.15, 0.2) is 12.3 Å². The minimum Gasteiger partial charge on any atom is -0.484 e. The summed E-state index contributed by atoms with van der Waals surface area (Å²) >= 11 is 0. The number of nitrogens with zero attached hydrogens (tertiary/aromatic N) is 1. The summed E-state index contributed by atoms with van der Waals surface area (Å²) in [6.07, 6.45) is 2.23. The van der Waals surface area contributed by atoms with Crippen molar-refractivity contribution in [1.82, 2.24) is 10.3 Å². The number of rotatable bonds is 6. The molecule has 1 atom stereocenters. The second-order valence-electron chi connectivity index (χ2n) is 5.31. The number of ether oxygens (including phenoxy) is 2. The van der Waals surface area contributed by atoms with Gasteiger partial charge in [-0.15, -0.1) is 0 Å². The Bertz CT molecular complexity index is 668. The Morgan fingerprint density at radius 2 is 2.39 bits per heavy atom. The van der Waals surface area contributed by atoms with E-state index in [1.54, 1.807) is 12.1 Å². The molecule has 0 radical (unpaired) electrons. The molecule has 0 unspecified atom stereocenters. The summed E-state index contributed by atoms with van der Waals surface area (Å²) in [7, 11) is 0. The van der Waals surface area contributed by atoms with E-state index in [-0.39, 0.29) is 29.9 Å². The molecule has 0 saturated carbocycles. The van der Waals surface area contributed by atoms with E-state index >= 15 is 0 Å². The first-order valence-corrected chi connectivity index (χ1v) is 7.39. The zero-order chi connectivity index (χ0) is 16.1. The molecule has 6 nitrogen and oxygen atoms in total. The van der Waals surface area contributed by atoms with Gasteiger partial charge >= 0.3 is 0 Å². The van der Waals surface area contributed by atoms with Gasteiger partial charge in [-0.25, -0.2) is 9.37 Å². The number of benzene rings is 1. The first kappa shape index (κ1) is 15.5. The van der Waals surface area contributed by atoms with Gasteiger partial charge in [0.2, 0.25) is 5.89 Å². The highest BCUT2D eigenvalue weighted by atomic mass is 19.1. The van der Waals surface area contributed by atoms with E-state index in [2.05, 4.69) is 10.3 Å².